The van der Waals surface area contributed by atoms with Crippen molar-refractivity contribution in [3.05, 3.63) is 35.4 Å². The number of piperidine rings is 1. The van der Waals surface area contributed by atoms with E-state index in [9.17, 15) is 4.39 Å². The van der Waals surface area contributed by atoms with Gasteiger partial charge in [-0.15, -0.1) is 0 Å². The van der Waals surface area contributed by atoms with E-state index < -0.39 is 6.17 Å². The fourth-order valence-corrected chi connectivity index (χ4v) is 3.05. The quantitative estimate of drug-likeness (QED) is 0.847. The summed E-state index contributed by atoms with van der Waals surface area (Å²) in [7, 11) is 0. The van der Waals surface area contributed by atoms with Crippen LogP contribution in [0.5, 0.6) is 0 Å². The molecule has 1 aromatic carbocycles. The largest absolute Gasteiger partial charge is 0.311 e. The van der Waals surface area contributed by atoms with Gasteiger partial charge in [0.1, 0.15) is 6.17 Å². The maximum absolute atomic E-state index is 14.4. The first-order chi connectivity index (χ1) is 8.84. The molecule has 2 fully saturated rings. The fourth-order valence-electron chi connectivity index (χ4n) is 3.05. The molecule has 0 radical (unpaired) electrons. The van der Waals surface area contributed by atoms with E-state index in [0.717, 1.165) is 30.9 Å². The molecule has 2 atom stereocenters. The second-order valence-electron chi connectivity index (χ2n) is 5.75. The van der Waals surface area contributed by atoms with Crippen LogP contribution in [0.2, 0.25) is 0 Å². The Bertz CT molecular complexity index is 377. The number of benzene rings is 1. The Balaban J connectivity index is 1.67. The van der Waals surface area contributed by atoms with E-state index in [1.165, 1.54) is 31.2 Å². The van der Waals surface area contributed by atoms with Crippen molar-refractivity contribution in [3.63, 3.8) is 0 Å². The summed E-state index contributed by atoms with van der Waals surface area (Å²) < 4.78 is 14.4. The van der Waals surface area contributed by atoms with Crippen LogP contribution in [0.3, 0.4) is 0 Å². The topological polar surface area (TPSA) is 12.0 Å². The predicted molar refractivity (Wildman–Crippen MR) is 72.5 cm³/mol. The van der Waals surface area contributed by atoms with Crippen molar-refractivity contribution in [1.29, 1.82) is 0 Å². The molecular weight excluding hydrogens is 225 g/mol. The summed E-state index contributed by atoms with van der Waals surface area (Å²) in [6, 6.07) is 8.28. The highest BCUT2D eigenvalue weighted by molar-refractivity contribution is 5.28. The van der Waals surface area contributed by atoms with Gasteiger partial charge in [0.25, 0.3) is 0 Å². The Kier molecular flexibility index (Phi) is 3.64. The van der Waals surface area contributed by atoms with Gasteiger partial charge >= 0.3 is 0 Å². The predicted octanol–water partition coefficient (Wildman–Crippen LogP) is 4.11. The molecule has 2 heteroatoms. The van der Waals surface area contributed by atoms with E-state index in [0.29, 0.717) is 0 Å². The summed E-state index contributed by atoms with van der Waals surface area (Å²) in [5.41, 5.74) is 2.24. The number of hydrogen-bond acceptors (Lipinski definition) is 1. The van der Waals surface area contributed by atoms with Gasteiger partial charge in [0.15, 0.2) is 0 Å². The third kappa shape index (κ3) is 2.44. The first kappa shape index (κ1) is 12.2. The van der Waals surface area contributed by atoms with Crippen molar-refractivity contribution < 1.29 is 4.39 Å². The fraction of sp³-hybridized carbons (Fsp3) is 0.625. The van der Waals surface area contributed by atoms with Gasteiger partial charge in [-0.3, -0.25) is 0 Å². The highest BCUT2D eigenvalue weighted by atomic mass is 19.1. The van der Waals surface area contributed by atoms with Gasteiger partial charge in [-0.1, -0.05) is 37.1 Å². The molecule has 1 N–H and O–H groups in total. The van der Waals surface area contributed by atoms with Gasteiger partial charge in [-0.05, 0) is 49.3 Å². The molecule has 18 heavy (non-hydrogen) atoms. The molecule has 1 saturated carbocycles. The van der Waals surface area contributed by atoms with Crippen molar-refractivity contribution in [2.75, 3.05) is 6.54 Å². The van der Waals surface area contributed by atoms with E-state index in [-0.39, 0.29) is 6.04 Å². The molecule has 0 spiro atoms. The highest BCUT2D eigenvalue weighted by Crippen LogP contribution is 2.37. The van der Waals surface area contributed by atoms with E-state index in [2.05, 4.69) is 17.4 Å². The van der Waals surface area contributed by atoms with Crippen molar-refractivity contribution in [2.24, 2.45) is 0 Å². The highest BCUT2D eigenvalue weighted by Gasteiger charge is 2.25. The molecule has 1 aliphatic heterocycles. The lowest BCUT2D eigenvalue weighted by molar-refractivity contribution is 0.221. The zero-order valence-corrected chi connectivity index (χ0v) is 10.9. The molecular formula is C16H22FN. The van der Waals surface area contributed by atoms with Gasteiger partial charge < -0.3 is 5.32 Å². The maximum Gasteiger partial charge on any atom is 0.140 e. The zero-order chi connectivity index (χ0) is 12.4. The number of alkyl halides is 1. The normalized spacial score (nSPS) is 26.6. The summed E-state index contributed by atoms with van der Waals surface area (Å²) in [6.45, 7) is 0.964. The number of rotatable bonds is 3. The summed E-state index contributed by atoms with van der Waals surface area (Å²) in [5, 5.41) is 3.30. The molecule has 2 aliphatic rings. The second kappa shape index (κ2) is 5.40. The minimum absolute atomic E-state index is 0.0216. The Hall–Kier alpha value is -0.890. The van der Waals surface area contributed by atoms with Crippen LogP contribution in [0.4, 0.5) is 4.39 Å². The lowest BCUT2D eigenvalue weighted by Gasteiger charge is -2.28. The number of halogens is 1. The Morgan fingerprint density at radius 2 is 1.78 bits per heavy atom. The monoisotopic (exact) mass is 247 g/mol. The van der Waals surface area contributed by atoms with Crippen LogP contribution < -0.4 is 5.32 Å². The average molecular weight is 247 g/mol. The van der Waals surface area contributed by atoms with E-state index in [4.69, 9.17) is 0 Å². The summed E-state index contributed by atoms with van der Waals surface area (Å²) in [5.74, 6) is 0.741. The minimum atomic E-state index is -0.847. The average Bonchev–Trinajstić information content (AvgIpc) is 2.38. The van der Waals surface area contributed by atoms with Crippen molar-refractivity contribution in [3.8, 4) is 0 Å². The molecule has 1 aliphatic carbocycles. The molecule has 0 aromatic heterocycles. The lowest BCUT2D eigenvalue weighted by Crippen LogP contribution is -2.37. The van der Waals surface area contributed by atoms with Gasteiger partial charge in [0.2, 0.25) is 0 Å². The van der Waals surface area contributed by atoms with Crippen LogP contribution in [0, 0.1) is 0 Å². The van der Waals surface area contributed by atoms with E-state index >= 15 is 0 Å². The van der Waals surface area contributed by atoms with Gasteiger partial charge in [-0.2, -0.15) is 0 Å². The first-order valence-corrected chi connectivity index (χ1v) is 7.32. The van der Waals surface area contributed by atoms with Gasteiger partial charge in [0.05, 0.1) is 0 Å². The number of hydrogen-bond donors (Lipinski definition) is 1. The molecule has 0 amide bonds. The summed E-state index contributed by atoms with van der Waals surface area (Å²) >= 11 is 0. The maximum atomic E-state index is 14.4. The van der Waals surface area contributed by atoms with Gasteiger partial charge in [0, 0.05) is 6.04 Å². The van der Waals surface area contributed by atoms with Crippen LogP contribution in [0.15, 0.2) is 24.3 Å². The van der Waals surface area contributed by atoms with Crippen molar-refractivity contribution in [1.82, 2.24) is 5.32 Å². The second-order valence-corrected chi connectivity index (χ2v) is 5.75. The Morgan fingerprint density at radius 3 is 2.33 bits per heavy atom. The molecule has 98 valence electrons. The molecule has 2 unspecified atom stereocenters. The molecule has 1 nitrogen and oxygen atoms in total. The third-order valence-electron chi connectivity index (χ3n) is 4.53. The minimum Gasteiger partial charge on any atom is -0.311 e. The first-order valence-electron chi connectivity index (χ1n) is 7.32. The summed E-state index contributed by atoms with van der Waals surface area (Å²) in [4.78, 5) is 0. The van der Waals surface area contributed by atoms with Crippen LogP contribution in [0.1, 0.15) is 61.7 Å². The van der Waals surface area contributed by atoms with Crippen LogP contribution in [-0.4, -0.2) is 12.6 Å². The standard InChI is InChI=1S/C16H22FN/c17-16(15-6-1-2-11-18-15)14-9-7-13(8-10-14)12-4-3-5-12/h7-10,12,15-16,18H,1-6,11H2. The van der Waals surface area contributed by atoms with Crippen LogP contribution in [-0.2, 0) is 0 Å². The van der Waals surface area contributed by atoms with Crippen molar-refractivity contribution >= 4 is 0 Å². The van der Waals surface area contributed by atoms with Crippen LogP contribution in [0.25, 0.3) is 0 Å². The third-order valence-corrected chi connectivity index (χ3v) is 4.53. The van der Waals surface area contributed by atoms with E-state index in [1.54, 1.807) is 0 Å². The van der Waals surface area contributed by atoms with Crippen molar-refractivity contribution in [2.45, 2.75) is 56.7 Å². The smallest absolute Gasteiger partial charge is 0.140 e. The Labute approximate surface area is 109 Å². The molecule has 3 rings (SSSR count). The van der Waals surface area contributed by atoms with Crippen LogP contribution >= 0.6 is 0 Å². The summed E-state index contributed by atoms with van der Waals surface area (Å²) in [6.07, 6.45) is 6.42. The Morgan fingerprint density at radius 1 is 1.00 bits per heavy atom. The molecule has 1 saturated heterocycles. The number of nitrogens with one attached hydrogen (secondary N) is 1. The molecule has 0 bridgehead atoms. The van der Waals surface area contributed by atoms with E-state index in [1.807, 2.05) is 12.1 Å². The zero-order valence-electron chi connectivity index (χ0n) is 10.9. The lowest BCUT2D eigenvalue weighted by atomic mass is 9.80. The SMILES string of the molecule is FC(c1ccc(C2CCC2)cc1)C1CCCCN1. The molecule has 1 heterocycles. The molecule has 1 aromatic rings. The van der Waals surface area contributed by atoms with Gasteiger partial charge in [-0.25, -0.2) is 4.39 Å².